The fourth-order valence-electron chi connectivity index (χ4n) is 5.40. The van der Waals surface area contributed by atoms with E-state index in [-0.39, 0.29) is 5.56 Å². The first kappa shape index (κ1) is 25.7. The summed E-state index contributed by atoms with van der Waals surface area (Å²) in [7, 11) is 0. The molecule has 37 heavy (non-hydrogen) atoms. The van der Waals surface area contributed by atoms with Crippen molar-refractivity contribution in [1.29, 1.82) is 0 Å². The number of halogens is 3. The number of aryl methyl sites for hydroxylation is 2. The summed E-state index contributed by atoms with van der Waals surface area (Å²) in [6, 6.07) is 5.32. The van der Waals surface area contributed by atoms with Gasteiger partial charge in [-0.1, -0.05) is 12.1 Å². The normalized spacial score (nSPS) is 17.2. The van der Waals surface area contributed by atoms with E-state index in [2.05, 4.69) is 21.3 Å². The van der Waals surface area contributed by atoms with Crippen molar-refractivity contribution in [3.63, 3.8) is 0 Å². The van der Waals surface area contributed by atoms with E-state index in [1.165, 1.54) is 23.3 Å². The predicted octanol–water partition coefficient (Wildman–Crippen LogP) is 5.44. The van der Waals surface area contributed by atoms with Gasteiger partial charge in [-0.15, -0.1) is 0 Å². The first-order valence-corrected chi connectivity index (χ1v) is 12.8. The van der Waals surface area contributed by atoms with Gasteiger partial charge in [0.05, 0.1) is 30.3 Å². The van der Waals surface area contributed by atoms with Gasteiger partial charge in [0.1, 0.15) is 23.1 Å². The number of aliphatic hydroxyl groups is 1. The number of ether oxygens (including phenoxy) is 1. The summed E-state index contributed by atoms with van der Waals surface area (Å²) < 4.78 is 50.7. The van der Waals surface area contributed by atoms with E-state index >= 15 is 4.39 Å². The largest absolute Gasteiger partial charge is 0.384 e. The van der Waals surface area contributed by atoms with E-state index in [4.69, 9.17) is 9.72 Å². The van der Waals surface area contributed by atoms with Gasteiger partial charge in [0, 0.05) is 29.7 Å². The number of alkyl halides is 2. The van der Waals surface area contributed by atoms with Crippen molar-refractivity contribution in [1.82, 2.24) is 9.97 Å². The van der Waals surface area contributed by atoms with Crippen molar-refractivity contribution >= 4 is 22.4 Å². The molecule has 3 aromatic rings. The Bertz CT molecular complexity index is 1330. The zero-order valence-electron chi connectivity index (χ0n) is 21.7. The van der Waals surface area contributed by atoms with Crippen LogP contribution in [0.15, 0.2) is 24.3 Å². The summed E-state index contributed by atoms with van der Waals surface area (Å²) in [5.74, 6) is -3.69. The Morgan fingerprint density at radius 2 is 1.81 bits per heavy atom. The van der Waals surface area contributed by atoms with Gasteiger partial charge in [0.2, 0.25) is 0 Å². The number of hydrogen-bond donors (Lipinski definition) is 2. The van der Waals surface area contributed by atoms with Gasteiger partial charge < -0.3 is 20.1 Å². The molecule has 2 N–H and O–H groups in total. The monoisotopic (exact) mass is 514 g/mol. The number of anilines is 2. The van der Waals surface area contributed by atoms with Gasteiger partial charge in [0.25, 0.3) is 0 Å². The Kier molecular flexibility index (Phi) is 6.56. The molecule has 0 bridgehead atoms. The maximum absolute atomic E-state index is 15.4. The molecule has 198 valence electrons. The molecule has 1 aliphatic heterocycles. The average molecular weight is 515 g/mol. The third-order valence-corrected chi connectivity index (χ3v) is 7.46. The second-order valence-electron chi connectivity index (χ2n) is 10.5. The fourth-order valence-corrected chi connectivity index (χ4v) is 5.40. The molecular weight excluding hydrogens is 481 g/mol. The molecule has 1 aromatic heterocycles. The van der Waals surface area contributed by atoms with Crippen LogP contribution in [0.1, 0.15) is 61.3 Å². The van der Waals surface area contributed by atoms with Gasteiger partial charge in [-0.05, 0) is 70.2 Å². The maximum atomic E-state index is 15.4. The van der Waals surface area contributed by atoms with Crippen molar-refractivity contribution in [2.75, 3.05) is 36.5 Å². The van der Waals surface area contributed by atoms with Crippen LogP contribution in [-0.4, -0.2) is 47.0 Å². The molecule has 1 aliphatic carbocycles. The molecule has 0 radical (unpaired) electrons. The van der Waals surface area contributed by atoms with Gasteiger partial charge >= 0.3 is 5.92 Å². The van der Waals surface area contributed by atoms with E-state index in [1.54, 1.807) is 6.92 Å². The summed E-state index contributed by atoms with van der Waals surface area (Å²) in [5, 5.41) is 14.1. The zero-order valence-corrected chi connectivity index (χ0v) is 21.7. The number of nitrogens with one attached hydrogen (secondary N) is 1. The lowest BCUT2D eigenvalue weighted by atomic mass is 9.91. The summed E-state index contributed by atoms with van der Waals surface area (Å²) in [6.07, 6.45) is 2.98. The zero-order chi connectivity index (χ0) is 26.5. The fraction of sp³-hybridized carbons (Fsp3) is 0.500. The summed E-state index contributed by atoms with van der Waals surface area (Å²) in [4.78, 5) is 11.7. The van der Waals surface area contributed by atoms with Crippen LogP contribution in [0.4, 0.5) is 24.7 Å². The number of fused-ring (bicyclic) bond motifs is 3. The standard InChI is InChI=1S/C28H33F3N4O2/c1-16(18-7-6-10-22(24(18)29)28(30,31)27(3,4)36)32-26-21-15-23(35-11-13-37-14-12-35)19-8-5-9-20(19)25(21)33-17(2)34-26/h6-7,10,15-16,36H,5,8-9,11-14H2,1-4H3,(H,32,33,34)/t16-/m1/s1. The molecule has 0 amide bonds. The molecule has 0 unspecified atom stereocenters. The van der Waals surface area contributed by atoms with Gasteiger partial charge in [-0.3, -0.25) is 0 Å². The highest BCUT2D eigenvalue weighted by Gasteiger charge is 2.49. The van der Waals surface area contributed by atoms with E-state index in [9.17, 15) is 13.9 Å². The van der Waals surface area contributed by atoms with Crippen molar-refractivity contribution in [2.45, 2.75) is 64.5 Å². The average Bonchev–Trinajstić information content (AvgIpc) is 3.34. The molecule has 2 aromatic carbocycles. The highest BCUT2D eigenvalue weighted by Crippen LogP contribution is 2.42. The second-order valence-corrected chi connectivity index (χ2v) is 10.5. The lowest BCUT2D eigenvalue weighted by Crippen LogP contribution is -2.41. The van der Waals surface area contributed by atoms with Crippen LogP contribution in [0.2, 0.25) is 0 Å². The minimum absolute atomic E-state index is 0.0698. The van der Waals surface area contributed by atoms with Crippen LogP contribution in [0.5, 0.6) is 0 Å². The third kappa shape index (κ3) is 4.52. The van der Waals surface area contributed by atoms with Gasteiger partial charge in [-0.2, -0.15) is 8.78 Å². The van der Waals surface area contributed by atoms with Crippen LogP contribution in [0, 0.1) is 12.7 Å². The summed E-state index contributed by atoms with van der Waals surface area (Å²) in [5.41, 5.74) is 1.40. The first-order valence-electron chi connectivity index (χ1n) is 12.8. The van der Waals surface area contributed by atoms with Crippen LogP contribution in [0.25, 0.3) is 10.9 Å². The Hall–Kier alpha value is -2.91. The van der Waals surface area contributed by atoms with Gasteiger partial charge in [-0.25, -0.2) is 14.4 Å². The van der Waals surface area contributed by atoms with E-state index in [0.717, 1.165) is 68.9 Å². The molecule has 1 saturated heterocycles. The molecule has 1 fully saturated rings. The molecule has 2 heterocycles. The molecule has 9 heteroatoms. The Morgan fingerprint density at radius 1 is 1.11 bits per heavy atom. The number of nitrogens with zero attached hydrogens (tertiary/aromatic N) is 3. The minimum atomic E-state index is -3.77. The smallest absolute Gasteiger partial charge is 0.303 e. The van der Waals surface area contributed by atoms with Crippen LogP contribution >= 0.6 is 0 Å². The SMILES string of the molecule is Cc1nc(N[C@H](C)c2cccc(C(F)(F)C(C)(C)O)c2F)c2cc(N3CCOCC3)c3c(c2n1)CCC3. The van der Waals surface area contributed by atoms with Crippen molar-refractivity contribution in [3.05, 3.63) is 58.2 Å². The van der Waals surface area contributed by atoms with Crippen LogP contribution in [-0.2, 0) is 23.5 Å². The van der Waals surface area contributed by atoms with E-state index in [1.807, 2.05) is 6.92 Å². The highest BCUT2D eigenvalue weighted by molar-refractivity contribution is 5.96. The quantitative estimate of drug-likeness (QED) is 0.457. The summed E-state index contributed by atoms with van der Waals surface area (Å²) >= 11 is 0. The lowest BCUT2D eigenvalue weighted by molar-refractivity contribution is -0.170. The topological polar surface area (TPSA) is 70.5 Å². The Balaban J connectivity index is 1.57. The van der Waals surface area contributed by atoms with Crippen molar-refractivity contribution in [3.8, 4) is 0 Å². The molecule has 0 spiro atoms. The second kappa shape index (κ2) is 9.44. The third-order valence-electron chi connectivity index (χ3n) is 7.46. The van der Waals surface area contributed by atoms with Crippen molar-refractivity contribution < 1.29 is 23.0 Å². The number of hydrogen-bond acceptors (Lipinski definition) is 6. The van der Waals surface area contributed by atoms with Crippen LogP contribution in [0.3, 0.4) is 0 Å². The van der Waals surface area contributed by atoms with Crippen LogP contribution < -0.4 is 10.2 Å². The summed E-state index contributed by atoms with van der Waals surface area (Å²) in [6.45, 7) is 8.42. The number of morpholine rings is 1. The molecule has 2 aliphatic rings. The Morgan fingerprint density at radius 3 is 2.51 bits per heavy atom. The Labute approximate surface area is 214 Å². The minimum Gasteiger partial charge on any atom is -0.384 e. The number of rotatable bonds is 6. The number of benzene rings is 2. The lowest BCUT2D eigenvalue weighted by Gasteiger charge is -2.31. The molecule has 0 saturated carbocycles. The molecular formula is C28H33F3N4O2. The van der Waals surface area contributed by atoms with Gasteiger partial charge in [0.15, 0.2) is 0 Å². The number of aromatic nitrogens is 2. The van der Waals surface area contributed by atoms with E-state index in [0.29, 0.717) is 24.9 Å². The maximum Gasteiger partial charge on any atom is 0.303 e. The molecule has 1 atom stereocenters. The predicted molar refractivity (Wildman–Crippen MR) is 138 cm³/mol. The van der Waals surface area contributed by atoms with E-state index < -0.39 is 28.9 Å². The molecule has 5 rings (SSSR count). The highest BCUT2D eigenvalue weighted by atomic mass is 19.3. The first-order chi connectivity index (χ1) is 17.5. The molecule has 6 nitrogen and oxygen atoms in total. The van der Waals surface area contributed by atoms with Crippen molar-refractivity contribution in [2.24, 2.45) is 0 Å².